The summed E-state index contributed by atoms with van der Waals surface area (Å²) in [5, 5.41) is 6.94. The molecule has 0 aromatic carbocycles. The van der Waals surface area contributed by atoms with Crippen LogP contribution in [-0.4, -0.2) is 35.3 Å². The number of carbonyl (C=O) groups excluding carboxylic acids is 2. The van der Waals surface area contributed by atoms with Crippen molar-refractivity contribution in [1.29, 1.82) is 0 Å². The Hall–Kier alpha value is -1.36. The van der Waals surface area contributed by atoms with Crippen LogP contribution in [0.3, 0.4) is 0 Å². The third-order valence-corrected chi connectivity index (χ3v) is 4.39. The quantitative estimate of drug-likeness (QED) is 0.927. The average Bonchev–Trinajstić information content (AvgIpc) is 2.83. The van der Waals surface area contributed by atoms with E-state index in [0.717, 1.165) is 6.42 Å². The van der Waals surface area contributed by atoms with E-state index in [4.69, 9.17) is 0 Å². The molecule has 2 atom stereocenters. The first kappa shape index (κ1) is 15.0. The van der Waals surface area contributed by atoms with E-state index in [9.17, 15) is 9.59 Å². The first-order chi connectivity index (χ1) is 9.29. The number of hydrogen-bond acceptors (Lipinski definition) is 3. The van der Waals surface area contributed by atoms with Crippen LogP contribution in [0.15, 0.2) is 16.8 Å². The van der Waals surface area contributed by atoms with Crippen molar-refractivity contribution >= 4 is 23.2 Å². The van der Waals surface area contributed by atoms with E-state index in [1.54, 1.807) is 16.2 Å². The normalized spacial score (nSPS) is 21.8. The molecule has 20 heavy (non-hydrogen) atoms. The number of nitrogens with zero attached hydrogens (tertiary/aromatic N) is 1. The Bertz CT molecular complexity index is 490. The number of thiophene rings is 1. The van der Waals surface area contributed by atoms with Crippen LogP contribution in [0.5, 0.6) is 0 Å². The van der Waals surface area contributed by atoms with Gasteiger partial charge in [0.05, 0.1) is 6.54 Å². The van der Waals surface area contributed by atoms with Crippen LogP contribution in [0.1, 0.15) is 33.3 Å². The van der Waals surface area contributed by atoms with E-state index in [-0.39, 0.29) is 29.8 Å². The van der Waals surface area contributed by atoms with E-state index >= 15 is 0 Å². The third-order valence-electron chi connectivity index (χ3n) is 3.66. The molecule has 2 rings (SSSR count). The van der Waals surface area contributed by atoms with Crippen LogP contribution >= 0.6 is 11.3 Å². The Morgan fingerprint density at radius 2 is 2.15 bits per heavy atom. The van der Waals surface area contributed by atoms with Gasteiger partial charge in [0, 0.05) is 6.04 Å². The molecule has 0 spiro atoms. The minimum absolute atomic E-state index is 0.0276. The fourth-order valence-electron chi connectivity index (χ4n) is 2.49. The van der Waals surface area contributed by atoms with Crippen molar-refractivity contribution in [2.45, 2.75) is 46.2 Å². The highest BCUT2D eigenvalue weighted by Gasteiger charge is 2.41. The summed E-state index contributed by atoms with van der Waals surface area (Å²) in [5.41, 5.74) is 0.946. The molecule has 5 heteroatoms. The highest BCUT2D eigenvalue weighted by Crippen LogP contribution is 2.25. The summed E-state index contributed by atoms with van der Waals surface area (Å²) in [6.45, 7) is 8.10. The molecule has 0 saturated carbocycles. The van der Waals surface area contributed by atoms with Crippen molar-refractivity contribution in [1.82, 2.24) is 10.2 Å². The number of amides is 2. The Kier molecular flexibility index (Phi) is 4.18. The molecule has 1 aromatic heterocycles. The monoisotopic (exact) mass is 294 g/mol. The number of rotatable bonds is 3. The zero-order chi connectivity index (χ0) is 14.9. The van der Waals surface area contributed by atoms with Crippen LogP contribution in [0.2, 0.25) is 0 Å². The van der Waals surface area contributed by atoms with Gasteiger partial charge in [0.15, 0.2) is 0 Å². The Labute approximate surface area is 124 Å². The lowest BCUT2D eigenvalue weighted by atomic mass is 9.84. The Morgan fingerprint density at radius 3 is 2.70 bits per heavy atom. The van der Waals surface area contributed by atoms with E-state index in [1.807, 2.05) is 33.1 Å². The maximum absolute atomic E-state index is 12.6. The van der Waals surface area contributed by atoms with E-state index < -0.39 is 6.04 Å². The summed E-state index contributed by atoms with van der Waals surface area (Å²) in [6.07, 6.45) is 0.791. The molecule has 2 unspecified atom stereocenters. The number of nitrogens with one attached hydrogen (secondary N) is 1. The largest absolute Gasteiger partial charge is 0.342 e. The van der Waals surface area contributed by atoms with Gasteiger partial charge < -0.3 is 10.2 Å². The minimum atomic E-state index is -0.436. The SMILES string of the molecule is CC(Cc1ccsc1)N1CC(=O)NC(C(C)(C)C)C1=O. The van der Waals surface area contributed by atoms with Gasteiger partial charge in [0.2, 0.25) is 11.8 Å². The van der Waals surface area contributed by atoms with Gasteiger partial charge >= 0.3 is 0 Å². The molecule has 1 N–H and O–H groups in total. The summed E-state index contributed by atoms with van der Waals surface area (Å²) in [4.78, 5) is 26.2. The molecule has 0 bridgehead atoms. The first-order valence-corrected chi connectivity index (χ1v) is 7.84. The predicted octanol–water partition coefficient (Wildman–Crippen LogP) is 2.05. The molecule has 1 aromatic rings. The molecule has 1 aliphatic rings. The van der Waals surface area contributed by atoms with Crippen LogP contribution < -0.4 is 5.32 Å². The zero-order valence-electron chi connectivity index (χ0n) is 12.5. The topological polar surface area (TPSA) is 49.4 Å². The fourth-order valence-corrected chi connectivity index (χ4v) is 3.17. The second kappa shape index (κ2) is 5.56. The van der Waals surface area contributed by atoms with Gasteiger partial charge in [-0.25, -0.2) is 0 Å². The number of piperazine rings is 1. The third kappa shape index (κ3) is 3.20. The van der Waals surface area contributed by atoms with Crippen LogP contribution in [0.25, 0.3) is 0 Å². The number of carbonyl (C=O) groups is 2. The van der Waals surface area contributed by atoms with E-state index in [2.05, 4.69) is 16.8 Å². The zero-order valence-corrected chi connectivity index (χ0v) is 13.3. The van der Waals surface area contributed by atoms with Crippen molar-refractivity contribution in [3.05, 3.63) is 22.4 Å². The maximum Gasteiger partial charge on any atom is 0.246 e. The summed E-state index contributed by atoms with van der Waals surface area (Å²) in [7, 11) is 0. The summed E-state index contributed by atoms with van der Waals surface area (Å²) < 4.78 is 0. The molecular formula is C15H22N2O2S. The van der Waals surface area contributed by atoms with Gasteiger partial charge in [-0.3, -0.25) is 9.59 Å². The molecule has 2 amide bonds. The van der Waals surface area contributed by atoms with Gasteiger partial charge in [-0.05, 0) is 41.1 Å². The summed E-state index contributed by atoms with van der Waals surface area (Å²) in [6, 6.07) is 1.67. The first-order valence-electron chi connectivity index (χ1n) is 6.90. The summed E-state index contributed by atoms with van der Waals surface area (Å²) in [5.74, 6) is -0.0403. The lowest BCUT2D eigenvalue weighted by molar-refractivity contribution is -0.149. The van der Waals surface area contributed by atoms with Crippen molar-refractivity contribution < 1.29 is 9.59 Å². The van der Waals surface area contributed by atoms with Crippen molar-refractivity contribution in [3.63, 3.8) is 0 Å². The maximum atomic E-state index is 12.6. The number of hydrogen-bond donors (Lipinski definition) is 1. The molecule has 1 fully saturated rings. The lowest BCUT2D eigenvalue weighted by Gasteiger charge is -2.41. The van der Waals surface area contributed by atoms with Crippen LogP contribution in [-0.2, 0) is 16.0 Å². The molecule has 110 valence electrons. The van der Waals surface area contributed by atoms with Crippen molar-refractivity contribution in [2.75, 3.05) is 6.54 Å². The van der Waals surface area contributed by atoms with Gasteiger partial charge in [-0.15, -0.1) is 0 Å². The van der Waals surface area contributed by atoms with Gasteiger partial charge in [-0.2, -0.15) is 11.3 Å². The molecule has 0 aliphatic carbocycles. The molecule has 2 heterocycles. The Balaban J connectivity index is 2.13. The van der Waals surface area contributed by atoms with E-state index in [0.29, 0.717) is 0 Å². The standard InChI is InChI=1S/C15H22N2O2S/c1-10(7-11-5-6-20-9-11)17-8-12(18)16-13(14(17)19)15(2,3)4/h5-6,9-10,13H,7-8H2,1-4H3,(H,16,18). The van der Waals surface area contributed by atoms with Gasteiger partial charge in [0.1, 0.15) is 6.04 Å². The van der Waals surface area contributed by atoms with E-state index in [1.165, 1.54) is 5.56 Å². The minimum Gasteiger partial charge on any atom is -0.342 e. The van der Waals surface area contributed by atoms with Crippen molar-refractivity contribution in [2.24, 2.45) is 5.41 Å². The second-order valence-corrected chi connectivity index (χ2v) is 7.30. The Morgan fingerprint density at radius 1 is 1.45 bits per heavy atom. The van der Waals surface area contributed by atoms with Crippen LogP contribution in [0.4, 0.5) is 0 Å². The highest BCUT2D eigenvalue weighted by molar-refractivity contribution is 7.07. The van der Waals surface area contributed by atoms with Crippen LogP contribution in [0, 0.1) is 5.41 Å². The molecule has 1 saturated heterocycles. The summed E-state index contributed by atoms with van der Waals surface area (Å²) >= 11 is 1.65. The highest BCUT2D eigenvalue weighted by atomic mass is 32.1. The predicted molar refractivity (Wildman–Crippen MR) is 80.6 cm³/mol. The van der Waals surface area contributed by atoms with Gasteiger partial charge in [0.25, 0.3) is 0 Å². The second-order valence-electron chi connectivity index (χ2n) is 6.52. The smallest absolute Gasteiger partial charge is 0.246 e. The average molecular weight is 294 g/mol. The van der Waals surface area contributed by atoms with Crippen molar-refractivity contribution in [3.8, 4) is 0 Å². The molecule has 1 aliphatic heterocycles. The van der Waals surface area contributed by atoms with Gasteiger partial charge in [-0.1, -0.05) is 20.8 Å². The lowest BCUT2D eigenvalue weighted by Crippen LogP contribution is -2.64. The molecular weight excluding hydrogens is 272 g/mol. The fraction of sp³-hybridized carbons (Fsp3) is 0.600. The molecule has 4 nitrogen and oxygen atoms in total. The molecule has 0 radical (unpaired) electrons.